The molecule has 0 fully saturated rings. The van der Waals surface area contributed by atoms with Crippen molar-refractivity contribution in [2.75, 3.05) is 19.0 Å². The Kier molecular flexibility index (Phi) is 6.60. The third-order valence-electron chi connectivity index (χ3n) is 4.14. The first kappa shape index (κ1) is 19.3. The number of hydrogen-bond acceptors (Lipinski definition) is 5. The molecule has 0 bridgehead atoms. The first-order chi connectivity index (χ1) is 12.5. The summed E-state index contributed by atoms with van der Waals surface area (Å²) in [7, 11) is 1.45. The van der Waals surface area contributed by atoms with E-state index >= 15 is 0 Å². The smallest absolute Gasteiger partial charge is 0.342 e. The minimum atomic E-state index is -0.782. The number of ether oxygens (including phenoxy) is 2. The molecule has 0 saturated carbocycles. The van der Waals surface area contributed by atoms with E-state index in [9.17, 15) is 14.7 Å². The van der Waals surface area contributed by atoms with Gasteiger partial charge in [-0.2, -0.15) is 0 Å². The first-order valence-corrected chi connectivity index (χ1v) is 8.39. The van der Waals surface area contributed by atoms with E-state index in [4.69, 9.17) is 9.47 Å². The third kappa shape index (κ3) is 4.75. The van der Waals surface area contributed by atoms with Gasteiger partial charge >= 0.3 is 5.97 Å². The summed E-state index contributed by atoms with van der Waals surface area (Å²) in [6, 6.07) is 11.7. The molecule has 2 rings (SSSR count). The number of amides is 1. The Labute approximate surface area is 152 Å². The second-order valence-electron chi connectivity index (χ2n) is 5.90. The van der Waals surface area contributed by atoms with Gasteiger partial charge < -0.3 is 19.9 Å². The second-order valence-corrected chi connectivity index (χ2v) is 5.90. The molecule has 0 saturated heterocycles. The lowest BCUT2D eigenvalue weighted by atomic mass is 9.97. The van der Waals surface area contributed by atoms with E-state index in [1.807, 2.05) is 24.3 Å². The zero-order chi connectivity index (χ0) is 19.1. The number of benzene rings is 2. The van der Waals surface area contributed by atoms with E-state index in [1.54, 1.807) is 0 Å². The Balaban J connectivity index is 1.98. The van der Waals surface area contributed by atoms with Crippen LogP contribution in [0.5, 0.6) is 11.5 Å². The first-order valence-electron chi connectivity index (χ1n) is 8.39. The number of anilines is 1. The standard InChI is InChI=1S/C20H23NO5/c1-4-13(2)15-7-5-6-8-17(15)21-19(23)12-26-20(24)16-10-9-14(25-3)11-18(16)22/h5-11,13,22H,4,12H2,1-3H3,(H,21,23)/t13-/m0/s1. The van der Waals surface area contributed by atoms with Gasteiger partial charge in [0.15, 0.2) is 6.61 Å². The molecule has 1 amide bonds. The van der Waals surface area contributed by atoms with Gasteiger partial charge in [0.25, 0.3) is 5.91 Å². The molecule has 0 spiro atoms. The van der Waals surface area contributed by atoms with Crippen molar-refractivity contribution in [3.63, 3.8) is 0 Å². The highest BCUT2D eigenvalue weighted by Crippen LogP contribution is 2.27. The lowest BCUT2D eigenvalue weighted by Gasteiger charge is -2.15. The van der Waals surface area contributed by atoms with Crippen molar-refractivity contribution in [3.8, 4) is 11.5 Å². The molecule has 0 aliphatic heterocycles. The van der Waals surface area contributed by atoms with Crippen LogP contribution in [-0.2, 0) is 9.53 Å². The van der Waals surface area contributed by atoms with Crippen molar-refractivity contribution in [1.82, 2.24) is 0 Å². The molecule has 26 heavy (non-hydrogen) atoms. The maximum Gasteiger partial charge on any atom is 0.342 e. The summed E-state index contributed by atoms with van der Waals surface area (Å²) < 4.78 is 9.95. The van der Waals surface area contributed by atoms with E-state index in [1.165, 1.54) is 25.3 Å². The fraction of sp³-hybridized carbons (Fsp3) is 0.300. The van der Waals surface area contributed by atoms with Crippen LogP contribution in [0.2, 0.25) is 0 Å². The summed E-state index contributed by atoms with van der Waals surface area (Å²) in [5, 5.41) is 12.6. The number of phenols is 1. The topological polar surface area (TPSA) is 84.9 Å². The van der Waals surface area contributed by atoms with E-state index < -0.39 is 18.5 Å². The average Bonchev–Trinajstić information content (AvgIpc) is 2.65. The van der Waals surface area contributed by atoms with Crippen molar-refractivity contribution in [1.29, 1.82) is 0 Å². The zero-order valence-electron chi connectivity index (χ0n) is 15.1. The molecule has 0 aliphatic rings. The second kappa shape index (κ2) is 8.89. The van der Waals surface area contributed by atoms with Crippen LogP contribution in [0.25, 0.3) is 0 Å². The number of esters is 1. The van der Waals surface area contributed by atoms with Gasteiger partial charge in [-0.15, -0.1) is 0 Å². The largest absolute Gasteiger partial charge is 0.507 e. The van der Waals surface area contributed by atoms with Crippen LogP contribution in [-0.4, -0.2) is 30.7 Å². The molecule has 0 heterocycles. The molecule has 2 aromatic rings. The van der Waals surface area contributed by atoms with Crippen molar-refractivity contribution >= 4 is 17.6 Å². The van der Waals surface area contributed by atoms with Crippen molar-refractivity contribution in [2.24, 2.45) is 0 Å². The molecular weight excluding hydrogens is 334 g/mol. The molecule has 0 unspecified atom stereocenters. The molecule has 0 aromatic heterocycles. The maximum atomic E-state index is 12.1. The number of phenolic OH excluding ortho intramolecular Hbond substituents is 1. The predicted octanol–water partition coefficient (Wildman–Crippen LogP) is 3.71. The third-order valence-corrected chi connectivity index (χ3v) is 4.14. The van der Waals surface area contributed by atoms with Crippen molar-refractivity contribution in [3.05, 3.63) is 53.6 Å². The van der Waals surface area contributed by atoms with Crippen LogP contribution in [0.1, 0.15) is 42.1 Å². The zero-order valence-corrected chi connectivity index (χ0v) is 15.1. The Morgan fingerprint density at radius 2 is 1.92 bits per heavy atom. The van der Waals surface area contributed by atoms with E-state index in [0.29, 0.717) is 17.4 Å². The summed E-state index contributed by atoms with van der Waals surface area (Å²) in [6.45, 7) is 3.71. The summed E-state index contributed by atoms with van der Waals surface area (Å²) in [5.74, 6) is -0.779. The highest BCUT2D eigenvalue weighted by Gasteiger charge is 2.16. The highest BCUT2D eigenvalue weighted by atomic mass is 16.5. The number of carbonyl (C=O) groups is 2. The fourth-order valence-corrected chi connectivity index (χ4v) is 2.47. The van der Waals surface area contributed by atoms with Gasteiger partial charge in [-0.1, -0.05) is 32.0 Å². The molecule has 0 radical (unpaired) electrons. The van der Waals surface area contributed by atoms with Gasteiger partial charge in [0.2, 0.25) is 0 Å². The number of aromatic hydroxyl groups is 1. The molecule has 0 aliphatic carbocycles. The number of nitrogens with one attached hydrogen (secondary N) is 1. The molecule has 2 N–H and O–H groups in total. The number of rotatable bonds is 7. The van der Waals surface area contributed by atoms with Gasteiger partial charge in [-0.25, -0.2) is 4.79 Å². The summed E-state index contributed by atoms with van der Waals surface area (Å²) >= 11 is 0. The fourth-order valence-electron chi connectivity index (χ4n) is 2.47. The van der Waals surface area contributed by atoms with Gasteiger partial charge in [0.1, 0.15) is 17.1 Å². The van der Waals surface area contributed by atoms with Crippen LogP contribution in [0.3, 0.4) is 0 Å². The minimum absolute atomic E-state index is 0.0291. The van der Waals surface area contributed by atoms with Crippen LogP contribution < -0.4 is 10.1 Å². The van der Waals surface area contributed by atoms with Crippen molar-refractivity contribution in [2.45, 2.75) is 26.2 Å². The Bertz CT molecular complexity index is 788. The SMILES string of the molecule is CC[C@H](C)c1ccccc1NC(=O)COC(=O)c1ccc(OC)cc1O. The van der Waals surface area contributed by atoms with Gasteiger partial charge in [-0.05, 0) is 36.1 Å². The average molecular weight is 357 g/mol. The molecule has 6 nitrogen and oxygen atoms in total. The maximum absolute atomic E-state index is 12.1. The van der Waals surface area contributed by atoms with Crippen LogP contribution in [0.15, 0.2) is 42.5 Å². The lowest BCUT2D eigenvalue weighted by molar-refractivity contribution is -0.119. The molecule has 2 aromatic carbocycles. The van der Waals surface area contributed by atoms with E-state index in [0.717, 1.165) is 12.0 Å². The molecule has 1 atom stereocenters. The minimum Gasteiger partial charge on any atom is -0.507 e. The quantitative estimate of drug-likeness (QED) is 0.738. The number of hydrogen-bond donors (Lipinski definition) is 2. The number of carbonyl (C=O) groups excluding carboxylic acids is 2. The highest BCUT2D eigenvalue weighted by molar-refractivity contribution is 5.97. The molecule has 6 heteroatoms. The van der Waals surface area contributed by atoms with Crippen LogP contribution in [0, 0.1) is 0 Å². The Morgan fingerprint density at radius 1 is 1.19 bits per heavy atom. The summed E-state index contributed by atoms with van der Waals surface area (Å²) in [6.07, 6.45) is 0.943. The Hall–Kier alpha value is -3.02. The lowest BCUT2D eigenvalue weighted by Crippen LogP contribution is -2.21. The van der Waals surface area contributed by atoms with Crippen LogP contribution >= 0.6 is 0 Å². The predicted molar refractivity (Wildman–Crippen MR) is 98.7 cm³/mol. The monoisotopic (exact) mass is 357 g/mol. The Morgan fingerprint density at radius 3 is 2.58 bits per heavy atom. The normalized spacial score (nSPS) is 11.5. The number of methoxy groups -OCH3 is 1. The van der Waals surface area contributed by atoms with Crippen molar-refractivity contribution < 1.29 is 24.2 Å². The van der Waals surface area contributed by atoms with Gasteiger partial charge in [0.05, 0.1) is 7.11 Å². The molecule has 138 valence electrons. The summed E-state index contributed by atoms with van der Waals surface area (Å²) in [4.78, 5) is 24.2. The molecular formula is C20H23NO5. The van der Waals surface area contributed by atoms with E-state index in [-0.39, 0.29) is 11.3 Å². The summed E-state index contributed by atoms with van der Waals surface area (Å²) in [5.41, 5.74) is 1.70. The number of para-hydroxylation sites is 1. The van der Waals surface area contributed by atoms with Crippen LogP contribution in [0.4, 0.5) is 5.69 Å². The van der Waals surface area contributed by atoms with Gasteiger partial charge in [0, 0.05) is 11.8 Å². The van der Waals surface area contributed by atoms with Gasteiger partial charge in [-0.3, -0.25) is 4.79 Å². The van der Waals surface area contributed by atoms with E-state index in [2.05, 4.69) is 19.2 Å².